The number of methoxy groups -OCH3 is 3. The van der Waals surface area contributed by atoms with Crippen LogP contribution in [0.25, 0.3) is 12.2 Å². The van der Waals surface area contributed by atoms with Crippen LogP contribution in [0.4, 0.5) is 15.8 Å². The molecule has 2 aliphatic carbocycles. The van der Waals surface area contributed by atoms with Crippen LogP contribution in [0.5, 0.6) is 23.0 Å². The number of ether oxygens (including phenoxy) is 3. The fraction of sp³-hybridized carbons (Fsp3) is 0.256. The summed E-state index contributed by atoms with van der Waals surface area (Å²) in [5.74, 6) is -5.82. The molecule has 0 radical (unpaired) electrons. The van der Waals surface area contributed by atoms with E-state index >= 15 is 0 Å². The summed E-state index contributed by atoms with van der Waals surface area (Å²) in [7, 11) is 4.52. The number of carbonyl (C=O) groups is 4. The summed E-state index contributed by atoms with van der Waals surface area (Å²) >= 11 is 22.0. The molecule has 1 N–H and O–H groups in total. The fourth-order valence-electron chi connectivity index (χ4n) is 8.87. The Kier molecular flexibility index (Phi) is 10.3. The maximum Gasteiger partial charge on any atom is 0.258 e. The average molecular weight is 955 g/mol. The van der Waals surface area contributed by atoms with Gasteiger partial charge in [-0.25, -0.2) is 9.29 Å². The first kappa shape index (κ1) is 40.1. The molecule has 10 nitrogen and oxygen atoms in total. The van der Waals surface area contributed by atoms with Crippen LogP contribution in [-0.4, -0.2) is 59.8 Å². The first-order valence-corrected chi connectivity index (χ1v) is 20.4. The zero-order valence-corrected chi connectivity index (χ0v) is 35.7. The highest BCUT2D eigenvalue weighted by atomic mass is 79.9. The van der Waals surface area contributed by atoms with Crippen molar-refractivity contribution in [1.82, 2.24) is 0 Å². The number of hydrogen-bond acceptors (Lipinski definition) is 8. The molecule has 2 heterocycles. The molecule has 1 saturated carbocycles. The molecule has 0 spiro atoms. The van der Waals surface area contributed by atoms with Gasteiger partial charge in [0.2, 0.25) is 11.8 Å². The number of phenolic OH excluding ortho intramolecular Hbond substituents is 1. The number of benzene rings is 4. The van der Waals surface area contributed by atoms with E-state index in [1.165, 1.54) is 30.2 Å². The number of fused-ring (bicyclic) bond motifs is 4. The summed E-state index contributed by atoms with van der Waals surface area (Å²) in [6.07, 6.45) is 5.43. The average Bonchev–Trinajstić information content (AvgIpc) is 3.57. The van der Waals surface area contributed by atoms with Gasteiger partial charge in [0, 0.05) is 16.0 Å². The summed E-state index contributed by atoms with van der Waals surface area (Å²) in [6, 6.07) is 18.7. The summed E-state index contributed by atoms with van der Waals surface area (Å²) in [6.45, 7) is 0. The first-order chi connectivity index (χ1) is 27.7. The number of imide groups is 2. The van der Waals surface area contributed by atoms with Gasteiger partial charge in [0.1, 0.15) is 17.3 Å². The van der Waals surface area contributed by atoms with E-state index in [2.05, 4.69) is 31.9 Å². The first-order valence-electron chi connectivity index (χ1n) is 18.0. The minimum Gasteiger partial charge on any atom is -0.503 e. The summed E-state index contributed by atoms with van der Waals surface area (Å²) in [4.78, 5) is 56.0. The van der Waals surface area contributed by atoms with Crippen LogP contribution in [-0.2, 0) is 19.2 Å². The third-order valence-electron chi connectivity index (χ3n) is 11.6. The predicted octanol–water partition coefficient (Wildman–Crippen LogP) is 9.02. The number of phenols is 1. The van der Waals surface area contributed by atoms with Gasteiger partial charge in [-0.3, -0.25) is 24.1 Å². The monoisotopic (exact) mass is 952 g/mol. The van der Waals surface area contributed by atoms with Crippen LogP contribution in [0, 0.1) is 23.6 Å². The van der Waals surface area contributed by atoms with Crippen molar-refractivity contribution in [1.29, 1.82) is 0 Å². The quantitative estimate of drug-likeness (QED) is 0.0804. The van der Waals surface area contributed by atoms with Gasteiger partial charge in [0.25, 0.3) is 11.8 Å². The molecule has 4 aromatic rings. The fourth-order valence-corrected chi connectivity index (χ4v) is 10.7. The number of rotatable bonds is 8. The van der Waals surface area contributed by atoms with Crippen LogP contribution < -0.4 is 24.0 Å². The normalized spacial score (nSPS) is 26.4. The molecule has 58 heavy (non-hydrogen) atoms. The topological polar surface area (TPSA) is 123 Å². The molecule has 2 saturated heterocycles. The van der Waals surface area contributed by atoms with Gasteiger partial charge in [-0.2, -0.15) is 0 Å². The molecule has 4 aromatic carbocycles. The Morgan fingerprint density at radius 3 is 2.09 bits per heavy atom. The highest BCUT2D eigenvalue weighted by Gasteiger charge is 2.77. The SMILES string of the molecule is COc1ccc(OC)c(C=Cc2ccc(N3C(=O)[C@H]4[C@H](CC=C5[C@H]4C[C@@]4(Cl)C(=O)N(c6ccc(F)cc6)C(=O)[C@@]4(Cl)[C@H]5c4cc(OC)c(O)c(Br)c4Br)C3=O)cc2)c1. The van der Waals surface area contributed by atoms with Crippen molar-refractivity contribution in [3.63, 3.8) is 0 Å². The van der Waals surface area contributed by atoms with E-state index in [4.69, 9.17) is 37.4 Å². The Morgan fingerprint density at radius 2 is 1.43 bits per heavy atom. The summed E-state index contributed by atoms with van der Waals surface area (Å²) < 4.78 is 30.8. The highest BCUT2D eigenvalue weighted by Crippen LogP contribution is 2.67. The number of halogens is 5. The lowest BCUT2D eigenvalue weighted by Crippen LogP contribution is -2.60. The zero-order chi connectivity index (χ0) is 41.4. The van der Waals surface area contributed by atoms with E-state index < -0.39 is 62.9 Å². The lowest BCUT2D eigenvalue weighted by Gasteiger charge is -2.51. The smallest absolute Gasteiger partial charge is 0.258 e. The molecular weight excluding hydrogens is 922 g/mol. The lowest BCUT2D eigenvalue weighted by molar-refractivity contribution is -0.125. The minimum atomic E-state index is -2.19. The number of anilines is 2. The number of allylic oxidation sites excluding steroid dienone is 2. The van der Waals surface area contributed by atoms with Gasteiger partial charge in [0.15, 0.2) is 21.2 Å². The van der Waals surface area contributed by atoms with Crippen molar-refractivity contribution in [3.05, 3.63) is 116 Å². The standard InChI is InChI=1S/C43H33Br2Cl2FN2O8/c1-56-26-14-17-31(57-2)22(18-26)7-4-21-5-10-24(11-6-21)49-38(52)28-16-15-27-30(33(28)39(49)53)20-42(46)40(54)50(25-12-8-23(48)9-13-25)41(55)43(42,47)34(27)29-19-32(58-3)37(51)36(45)35(29)44/h4-15,17-19,28,30,33-34,51H,16,20H2,1-3H3/t28-,30+,33-,34+,42+,43-/m0/s1. The van der Waals surface area contributed by atoms with Crippen molar-refractivity contribution in [2.75, 3.05) is 31.1 Å². The number of alkyl halides is 2. The van der Waals surface area contributed by atoms with Crippen LogP contribution in [0.3, 0.4) is 0 Å². The second-order valence-corrected chi connectivity index (χ2v) is 17.3. The number of nitrogens with zero attached hydrogens (tertiary/aromatic N) is 2. The molecule has 4 aliphatic rings. The highest BCUT2D eigenvalue weighted by molar-refractivity contribution is 9.13. The number of aromatic hydroxyl groups is 1. The molecule has 3 fully saturated rings. The Hall–Kier alpha value is -4.69. The van der Waals surface area contributed by atoms with Crippen LogP contribution in [0.1, 0.15) is 35.4 Å². The van der Waals surface area contributed by atoms with Gasteiger partial charge < -0.3 is 19.3 Å². The molecule has 298 valence electrons. The van der Waals surface area contributed by atoms with Crippen molar-refractivity contribution < 1.29 is 42.9 Å². The van der Waals surface area contributed by atoms with Crippen LogP contribution in [0.15, 0.2) is 93.4 Å². The molecular formula is C43H33Br2Cl2FN2O8. The third-order valence-corrected chi connectivity index (χ3v) is 15.2. The van der Waals surface area contributed by atoms with E-state index in [-0.39, 0.29) is 34.5 Å². The van der Waals surface area contributed by atoms with E-state index in [1.807, 2.05) is 24.3 Å². The number of carbonyl (C=O) groups excluding carboxylic acids is 4. The Labute approximate surface area is 359 Å². The second-order valence-electron chi connectivity index (χ2n) is 14.4. The summed E-state index contributed by atoms with van der Waals surface area (Å²) in [5.41, 5.74) is 2.88. The molecule has 15 heteroatoms. The second kappa shape index (κ2) is 14.8. The van der Waals surface area contributed by atoms with Gasteiger partial charge >= 0.3 is 0 Å². The van der Waals surface area contributed by atoms with Gasteiger partial charge in [0.05, 0.1) is 49.0 Å². The largest absolute Gasteiger partial charge is 0.503 e. The molecule has 0 bridgehead atoms. The molecule has 2 aliphatic heterocycles. The van der Waals surface area contributed by atoms with Gasteiger partial charge in [-0.1, -0.05) is 35.9 Å². The minimum absolute atomic E-state index is 0.0355. The maximum absolute atomic E-state index is 14.7. The van der Waals surface area contributed by atoms with Crippen LogP contribution in [0.2, 0.25) is 0 Å². The van der Waals surface area contributed by atoms with E-state index in [0.29, 0.717) is 32.8 Å². The van der Waals surface area contributed by atoms with Crippen molar-refractivity contribution >= 4 is 102 Å². The Balaban J connectivity index is 1.19. The van der Waals surface area contributed by atoms with E-state index in [0.717, 1.165) is 28.2 Å². The molecule has 6 atom stereocenters. The van der Waals surface area contributed by atoms with Crippen LogP contribution >= 0.6 is 55.1 Å². The molecule has 4 amide bonds. The molecule has 0 unspecified atom stereocenters. The van der Waals surface area contributed by atoms with Crippen molar-refractivity contribution in [2.45, 2.75) is 28.5 Å². The Morgan fingerprint density at radius 1 is 0.776 bits per heavy atom. The van der Waals surface area contributed by atoms with Gasteiger partial charge in [-0.15, -0.1) is 23.2 Å². The molecule has 8 rings (SSSR count). The van der Waals surface area contributed by atoms with E-state index in [1.54, 1.807) is 50.6 Å². The Bertz CT molecular complexity index is 2480. The number of hydrogen-bond donors (Lipinski definition) is 1. The summed E-state index contributed by atoms with van der Waals surface area (Å²) in [5, 5.41) is 10.9. The number of amides is 4. The van der Waals surface area contributed by atoms with Gasteiger partial charge in [-0.05, 0) is 122 Å². The zero-order valence-electron chi connectivity index (χ0n) is 31.0. The third kappa shape index (κ3) is 5.90. The lowest BCUT2D eigenvalue weighted by atomic mass is 9.56. The predicted molar refractivity (Wildman–Crippen MR) is 224 cm³/mol. The maximum atomic E-state index is 14.7. The van der Waals surface area contributed by atoms with E-state index in [9.17, 15) is 28.7 Å². The van der Waals surface area contributed by atoms with Crippen molar-refractivity contribution in [2.24, 2.45) is 17.8 Å². The molecule has 0 aromatic heterocycles. The van der Waals surface area contributed by atoms with Crippen molar-refractivity contribution in [3.8, 4) is 23.0 Å².